The number of hydrogen-bond acceptors (Lipinski definition) is 2. The molecule has 1 heterocycles. The Morgan fingerprint density at radius 2 is 1.70 bits per heavy atom. The summed E-state index contributed by atoms with van der Waals surface area (Å²) < 4.78 is 11.1. The van der Waals surface area contributed by atoms with Gasteiger partial charge in [0.25, 0.3) is 0 Å². The highest BCUT2D eigenvalue weighted by molar-refractivity contribution is 4.77. The number of rotatable bonds is 0. The van der Waals surface area contributed by atoms with Crippen LogP contribution in [0.5, 0.6) is 0 Å². The van der Waals surface area contributed by atoms with E-state index >= 15 is 0 Å². The molecule has 2 bridgehead atoms. The molecular formula is C8H14O2. The molecule has 0 aromatic carbocycles. The summed E-state index contributed by atoms with van der Waals surface area (Å²) in [6.45, 7) is 1.99. The highest BCUT2D eigenvalue weighted by atomic mass is 16.7. The van der Waals surface area contributed by atoms with E-state index in [1.165, 1.54) is 19.3 Å². The van der Waals surface area contributed by atoms with Crippen LogP contribution in [0.15, 0.2) is 0 Å². The zero-order valence-electron chi connectivity index (χ0n) is 6.38. The summed E-state index contributed by atoms with van der Waals surface area (Å²) in [5.41, 5.74) is 0. The standard InChI is InChI=1S/C8H14O2/c1-6-9-7-3-2-4-8(5-7)10-6/h6-8H,2-5H2,1H3/t6?,7-,8+. The summed E-state index contributed by atoms with van der Waals surface area (Å²) in [4.78, 5) is 0. The Labute approximate surface area is 61.5 Å². The van der Waals surface area contributed by atoms with E-state index in [2.05, 4.69) is 0 Å². The molecule has 2 nitrogen and oxygen atoms in total. The Morgan fingerprint density at radius 1 is 1.10 bits per heavy atom. The van der Waals surface area contributed by atoms with Crippen molar-refractivity contribution < 1.29 is 9.47 Å². The summed E-state index contributed by atoms with van der Waals surface area (Å²) in [5, 5.41) is 0. The Hall–Kier alpha value is -0.0800. The van der Waals surface area contributed by atoms with Gasteiger partial charge in [-0.1, -0.05) is 0 Å². The van der Waals surface area contributed by atoms with Crippen molar-refractivity contribution in [3.63, 3.8) is 0 Å². The normalized spacial score (nSPS) is 47.1. The van der Waals surface area contributed by atoms with Crippen LogP contribution in [0.2, 0.25) is 0 Å². The zero-order chi connectivity index (χ0) is 6.97. The molecule has 58 valence electrons. The predicted octanol–water partition coefficient (Wildman–Crippen LogP) is 1.69. The minimum atomic E-state index is 0.0454. The Bertz CT molecular complexity index is 108. The first-order valence-electron chi connectivity index (χ1n) is 4.15. The van der Waals surface area contributed by atoms with Crippen molar-refractivity contribution in [3.05, 3.63) is 0 Å². The van der Waals surface area contributed by atoms with Gasteiger partial charge in [0.2, 0.25) is 0 Å². The van der Waals surface area contributed by atoms with Crippen molar-refractivity contribution >= 4 is 0 Å². The third-order valence-corrected chi connectivity index (χ3v) is 2.35. The summed E-state index contributed by atoms with van der Waals surface area (Å²) in [5.74, 6) is 0. The molecule has 1 saturated heterocycles. The monoisotopic (exact) mass is 142 g/mol. The molecule has 1 unspecified atom stereocenters. The molecule has 2 aliphatic rings. The summed E-state index contributed by atoms with van der Waals surface area (Å²) in [7, 11) is 0. The van der Waals surface area contributed by atoms with E-state index in [9.17, 15) is 0 Å². The molecule has 1 aliphatic carbocycles. The second-order valence-corrected chi connectivity index (χ2v) is 3.25. The highest BCUT2D eigenvalue weighted by Gasteiger charge is 2.30. The van der Waals surface area contributed by atoms with Crippen LogP contribution >= 0.6 is 0 Å². The van der Waals surface area contributed by atoms with Crippen LogP contribution in [0.1, 0.15) is 32.6 Å². The van der Waals surface area contributed by atoms with Gasteiger partial charge in [-0.15, -0.1) is 0 Å². The largest absolute Gasteiger partial charge is 0.350 e. The first-order valence-corrected chi connectivity index (χ1v) is 4.15. The quantitative estimate of drug-likeness (QED) is 0.512. The Kier molecular flexibility index (Phi) is 1.66. The van der Waals surface area contributed by atoms with Gasteiger partial charge in [0.05, 0.1) is 12.2 Å². The third-order valence-electron chi connectivity index (χ3n) is 2.35. The van der Waals surface area contributed by atoms with Crippen LogP contribution in [0, 0.1) is 0 Å². The van der Waals surface area contributed by atoms with Crippen LogP contribution in [-0.2, 0) is 9.47 Å². The smallest absolute Gasteiger partial charge is 0.155 e. The molecule has 3 atom stereocenters. The first kappa shape index (κ1) is 6.62. The molecule has 0 N–H and O–H groups in total. The molecule has 1 aliphatic heterocycles. The lowest BCUT2D eigenvalue weighted by Gasteiger charge is -2.38. The van der Waals surface area contributed by atoms with Gasteiger partial charge in [0, 0.05) is 0 Å². The van der Waals surface area contributed by atoms with Crippen molar-refractivity contribution in [3.8, 4) is 0 Å². The van der Waals surface area contributed by atoms with Crippen LogP contribution < -0.4 is 0 Å². The zero-order valence-corrected chi connectivity index (χ0v) is 6.38. The van der Waals surface area contributed by atoms with Gasteiger partial charge in [-0.2, -0.15) is 0 Å². The van der Waals surface area contributed by atoms with E-state index in [1.807, 2.05) is 6.92 Å². The molecule has 0 amide bonds. The van der Waals surface area contributed by atoms with E-state index < -0.39 is 0 Å². The summed E-state index contributed by atoms with van der Waals surface area (Å²) in [6.07, 6.45) is 5.94. The van der Waals surface area contributed by atoms with Crippen LogP contribution in [0.4, 0.5) is 0 Å². The van der Waals surface area contributed by atoms with Crippen LogP contribution in [0.3, 0.4) is 0 Å². The van der Waals surface area contributed by atoms with Crippen LogP contribution in [0.25, 0.3) is 0 Å². The average molecular weight is 142 g/mol. The third kappa shape index (κ3) is 1.18. The molecular weight excluding hydrogens is 128 g/mol. The summed E-state index contributed by atoms with van der Waals surface area (Å²) in [6, 6.07) is 0. The fraction of sp³-hybridized carbons (Fsp3) is 1.00. The molecule has 10 heavy (non-hydrogen) atoms. The Morgan fingerprint density at radius 3 is 2.30 bits per heavy atom. The van der Waals surface area contributed by atoms with E-state index in [0.717, 1.165) is 6.42 Å². The maximum Gasteiger partial charge on any atom is 0.155 e. The summed E-state index contributed by atoms with van der Waals surface area (Å²) >= 11 is 0. The molecule has 2 fully saturated rings. The molecule has 2 heteroatoms. The SMILES string of the molecule is CC1O[C@@H]2CCC[C@@H](C2)O1. The number of hydrogen-bond donors (Lipinski definition) is 0. The second-order valence-electron chi connectivity index (χ2n) is 3.25. The van der Waals surface area contributed by atoms with Gasteiger partial charge in [0.15, 0.2) is 6.29 Å². The molecule has 2 rings (SSSR count). The van der Waals surface area contributed by atoms with E-state index in [1.54, 1.807) is 0 Å². The van der Waals surface area contributed by atoms with Crippen molar-refractivity contribution in [2.75, 3.05) is 0 Å². The number of fused-ring (bicyclic) bond motifs is 2. The fourth-order valence-corrected chi connectivity index (χ4v) is 1.92. The van der Waals surface area contributed by atoms with Gasteiger partial charge < -0.3 is 9.47 Å². The predicted molar refractivity (Wildman–Crippen MR) is 37.7 cm³/mol. The maximum atomic E-state index is 5.53. The van der Waals surface area contributed by atoms with Crippen LogP contribution in [-0.4, -0.2) is 18.5 Å². The number of ether oxygens (including phenoxy) is 2. The van der Waals surface area contributed by atoms with Gasteiger partial charge in [-0.05, 0) is 32.6 Å². The van der Waals surface area contributed by atoms with Gasteiger partial charge in [0.1, 0.15) is 0 Å². The van der Waals surface area contributed by atoms with E-state index in [0.29, 0.717) is 12.2 Å². The van der Waals surface area contributed by atoms with Gasteiger partial charge in [-0.3, -0.25) is 0 Å². The highest BCUT2D eigenvalue weighted by Crippen LogP contribution is 2.29. The second kappa shape index (κ2) is 2.51. The molecule has 0 aromatic rings. The van der Waals surface area contributed by atoms with Crippen molar-refractivity contribution in [1.82, 2.24) is 0 Å². The molecule has 1 saturated carbocycles. The molecule has 0 radical (unpaired) electrons. The topological polar surface area (TPSA) is 18.5 Å². The average Bonchev–Trinajstić information content (AvgIpc) is 1.85. The molecule has 0 aromatic heterocycles. The first-order chi connectivity index (χ1) is 4.84. The van der Waals surface area contributed by atoms with Crippen molar-refractivity contribution in [2.24, 2.45) is 0 Å². The minimum Gasteiger partial charge on any atom is -0.350 e. The van der Waals surface area contributed by atoms with Gasteiger partial charge in [-0.25, -0.2) is 0 Å². The molecule has 0 spiro atoms. The van der Waals surface area contributed by atoms with Crippen molar-refractivity contribution in [2.45, 2.75) is 51.1 Å². The lowest BCUT2D eigenvalue weighted by molar-refractivity contribution is -0.247. The van der Waals surface area contributed by atoms with E-state index in [4.69, 9.17) is 9.47 Å². The fourth-order valence-electron chi connectivity index (χ4n) is 1.92. The van der Waals surface area contributed by atoms with Crippen molar-refractivity contribution in [1.29, 1.82) is 0 Å². The minimum absolute atomic E-state index is 0.0454. The van der Waals surface area contributed by atoms with E-state index in [-0.39, 0.29) is 6.29 Å². The van der Waals surface area contributed by atoms with Gasteiger partial charge >= 0.3 is 0 Å². The lowest BCUT2D eigenvalue weighted by Crippen LogP contribution is -2.39. The maximum absolute atomic E-state index is 5.53. The Balaban J connectivity index is 1.98. The lowest BCUT2D eigenvalue weighted by atomic mass is 9.94.